The van der Waals surface area contributed by atoms with Crippen LogP contribution in [0.2, 0.25) is 0 Å². The maximum absolute atomic E-state index is 11.2. The zero-order valence-corrected chi connectivity index (χ0v) is 16.2. The van der Waals surface area contributed by atoms with Crippen LogP contribution in [0.25, 0.3) is 10.2 Å². The van der Waals surface area contributed by atoms with Gasteiger partial charge in [0.2, 0.25) is 0 Å². The molecule has 0 bridgehead atoms. The lowest BCUT2D eigenvalue weighted by Gasteiger charge is -2.27. The number of hydrogen-bond donors (Lipinski definition) is 3. The fourth-order valence-corrected chi connectivity index (χ4v) is 4.40. The van der Waals surface area contributed by atoms with Gasteiger partial charge in [-0.1, -0.05) is 24.2 Å². The van der Waals surface area contributed by atoms with Crippen LogP contribution in [0.15, 0.2) is 30.5 Å². The summed E-state index contributed by atoms with van der Waals surface area (Å²) in [5, 5.41) is 23.5. The molecular weight excluding hydrogens is 378 g/mol. The Hall–Kier alpha value is -2.71. The third-order valence-corrected chi connectivity index (χ3v) is 5.93. The number of rotatable bonds is 5. The van der Waals surface area contributed by atoms with E-state index < -0.39 is 5.97 Å². The van der Waals surface area contributed by atoms with E-state index in [-0.39, 0.29) is 17.8 Å². The number of pyridine rings is 1. The first kappa shape index (κ1) is 18.6. The fraction of sp³-hybridized carbons (Fsp3) is 0.350. The number of aromatic carboxylic acids is 1. The molecule has 0 radical (unpaired) electrons. The Morgan fingerprint density at radius 2 is 2.11 bits per heavy atom. The molecule has 4 rings (SSSR count). The van der Waals surface area contributed by atoms with E-state index in [9.17, 15) is 15.0 Å². The van der Waals surface area contributed by atoms with Crippen molar-refractivity contribution in [2.45, 2.75) is 44.8 Å². The highest BCUT2D eigenvalue weighted by Gasteiger charge is 2.23. The van der Waals surface area contributed by atoms with Crippen molar-refractivity contribution >= 4 is 32.7 Å². The second kappa shape index (κ2) is 7.73. The molecule has 1 aliphatic rings. The van der Waals surface area contributed by atoms with Crippen LogP contribution in [0.1, 0.15) is 41.7 Å². The van der Waals surface area contributed by atoms with Gasteiger partial charge in [0, 0.05) is 17.8 Å². The van der Waals surface area contributed by atoms with E-state index in [1.165, 1.54) is 17.5 Å². The van der Waals surface area contributed by atoms with E-state index in [0.29, 0.717) is 17.1 Å². The molecule has 0 saturated heterocycles. The normalized spacial score (nSPS) is 19.5. The average molecular weight is 399 g/mol. The number of benzene rings is 1. The summed E-state index contributed by atoms with van der Waals surface area (Å²) in [6.07, 6.45) is 5.04. The summed E-state index contributed by atoms with van der Waals surface area (Å²) in [6, 6.07) is 7.25. The lowest BCUT2D eigenvalue weighted by Crippen LogP contribution is -2.36. The third-order valence-electron chi connectivity index (χ3n) is 4.98. The molecule has 1 fully saturated rings. The maximum atomic E-state index is 11.2. The largest absolute Gasteiger partial charge is 0.477 e. The quantitative estimate of drug-likeness (QED) is 0.590. The number of carboxylic acid groups (broad SMARTS) is 1. The van der Waals surface area contributed by atoms with Crippen LogP contribution in [-0.4, -0.2) is 38.3 Å². The first-order valence-electron chi connectivity index (χ1n) is 9.23. The predicted molar refractivity (Wildman–Crippen MR) is 108 cm³/mol. The summed E-state index contributed by atoms with van der Waals surface area (Å²) in [5.74, 6) is -0.0209. The van der Waals surface area contributed by atoms with E-state index in [1.54, 1.807) is 13.0 Å². The lowest BCUT2D eigenvalue weighted by molar-refractivity contribution is 0.0689. The summed E-state index contributed by atoms with van der Waals surface area (Å²) in [7, 11) is 0. The first-order chi connectivity index (χ1) is 13.5. The summed E-state index contributed by atoms with van der Waals surface area (Å²) in [6.45, 7) is 1.68. The van der Waals surface area contributed by atoms with Gasteiger partial charge in [-0.05, 0) is 38.0 Å². The van der Waals surface area contributed by atoms with E-state index in [1.807, 2.05) is 18.2 Å². The Kier molecular flexibility index (Phi) is 5.15. The van der Waals surface area contributed by atoms with Crippen LogP contribution in [0.3, 0.4) is 0 Å². The van der Waals surface area contributed by atoms with Crippen LogP contribution >= 0.6 is 11.3 Å². The first-order valence-corrected chi connectivity index (χ1v) is 10.0. The second-order valence-corrected chi connectivity index (χ2v) is 7.97. The summed E-state index contributed by atoms with van der Waals surface area (Å²) < 4.78 is 6.85. The minimum absolute atomic E-state index is 0.0195. The topological polar surface area (TPSA) is 105 Å². The number of anilines is 1. The Balaban J connectivity index is 1.55. The van der Waals surface area contributed by atoms with Crippen molar-refractivity contribution in [2.24, 2.45) is 0 Å². The van der Waals surface area contributed by atoms with Crippen molar-refractivity contribution in [1.82, 2.24) is 9.97 Å². The van der Waals surface area contributed by atoms with Gasteiger partial charge in [-0.3, -0.25) is 0 Å². The fourth-order valence-electron chi connectivity index (χ4n) is 3.44. The Morgan fingerprint density at radius 1 is 1.29 bits per heavy atom. The van der Waals surface area contributed by atoms with Crippen molar-refractivity contribution in [3.05, 3.63) is 41.7 Å². The number of aromatic nitrogens is 2. The van der Waals surface area contributed by atoms with E-state index in [4.69, 9.17) is 4.74 Å². The molecule has 1 saturated carbocycles. The molecule has 2 aromatic heterocycles. The molecule has 3 N–H and O–H groups in total. The number of carboxylic acids is 1. The number of thiazole rings is 1. The van der Waals surface area contributed by atoms with Crippen LogP contribution in [-0.2, 0) is 0 Å². The van der Waals surface area contributed by atoms with Crippen molar-refractivity contribution in [3.63, 3.8) is 0 Å². The lowest BCUT2D eigenvalue weighted by atomic mass is 9.93. The van der Waals surface area contributed by atoms with Gasteiger partial charge in [-0.25, -0.2) is 14.8 Å². The van der Waals surface area contributed by atoms with E-state index >= 15 is 0 Å². The molecule has 1 aromatic carbocycles. The summed E-state index contributed by atoms with van der Waals surface area (Å²) in [5.41, 5.74) is 1.31. The molecule has 0 unspecified atom stereocenters. The van der Waals surface area contributed by atoms with Crippen molar-refractivity contribution in [3.8, 4) is 11.5 Å². The molecule has 7 nitrogen and oxygen atoms in total. The zero-order chi connectivity index (χ0) is 19.7. The molecule has 146 valence electrons. The Morgan fingerprint density at radius 3 is 2.89 bits per heavy atom. The minimum atomic E-state index is -1.08. The number of fused-ring (bicyclic) bond motifs is 1. The van der Waals surface area contributed by atoms with Gasteiger partial charge in [0.1, 0.15) is 11.5 Å². The number of hydrogen-bond acceptors (Lipinski definition) is 7. The van der Waals surface area contributed by atoms with Gasteiger partial charge in [0.25, 0.3) is 0 Å². The van der Waals surface area contributed by atoms with Crippen molar-refractivity contribution in [2.75, 3.05) is 5.32 Å². The van der Waals surface area contributed by atoms with Gasteiger partial charge in [-0.2, -0.15) is 0 Å². The molecule has 2 atom stereocenters. The maximum Gasteiger partial charge on any atom is 0.354 e. The predicted octanol–water partition coefficient (Wildman–Crippen LogP) is 4.21. The van der Waals surface area contributed by atoms with E-state index in [0.717, 1.165) is 41.0 Å². The van der Waals surface area contributed by atoms with Gasteiger partial charge in [0.05, 0.1) is 22.4 Å². The highest BCUT2D eigenvalue weighted by atomic mass is 32.1. The minimum Gasteiger partial charge on any atom is -0.477 e. The highest BCUT2D eigenvalue weighted by molar-refractivity contribution is 7.22. The highest BCUT2D eigenvalue weighted by Crippen LogP contribution is 2.33. The Labute approximate surface area is 166 Å². The summed E-state index contributed by atoms with van der Waals surface area (Å²) in [4.78, 5) is 19.7. The number of aliphatic hydroxyl groups is 1. The zero-order valence-electron chi connectivity index (χ0n) is 15.4. The van der Waals surface area contributed by atoms with Crippen LogP contribution in [0.5, 0.6) is 11.5 Å². The van der Waals surface area contributed by atoms with Gasteiger partial charge in [0.15, 0.2) is 10.8 Å². The number of nitrogens with one attached hydrogen (secondary N) is 1. The summed E-state index contributed by atoms with van der Waals surface area (Å²) >= 11 is 1.51. The van der Waals surface area contributed by atoms with E-state index in [2.05, 4.69) is 15.3 Å². The number of aliphatic hydroxyl groups excluding tert-OH is 1. The monoisotopic (exact) mass is 399 g/mol. The molecule has 8 heteroatoms. The Bertz CT molecular complexity index is 1020. The molecular formula is C20H21N3O4S. The SMILES string of the molecule is Cc1c(Oc2ccc3nc(N[C@@H]4CCCC[C@H]4O)sc3c2)ccnc1C(=O)O. The standard InChI is InChI=1S/C20H21N3O4S/c1-11-16(8-9-21-18(11)19(25)26)27-12-6-7-14-17(10-12)28-20(23-14)22-13-4-2-3-5-15(13)24/h6-10,13,15,24H,2-5H2,1H3,(H,22,23)(H,25,26)/t13-,15-/m1/s1. The van der Waals surface area contributed by atoms with Crippen LogP contribution in [0, 0.1) is 6.92 Å². The molecule has 28 heavy (non-hydrogen) atoms. The second-order valence-electron chi connectivity index (χ2n) is 6.94. The third kappa shape index (κ3) is 3.79. The molecule has 0 spiro atoms. The molecule has 2 heterocycles. The number of ether oxygens (including phenoxy) is 1. The average Bonchev–Trinajstić information content (AvgIpc) is 3.07. The van der Waals surface area contributed by atoms with Crippen molar-refractivity contribution < 1.29 is 19.7 Å². The number of carbonyl (C=O) groups is 1. The van der Waals surface area contributed by atoms with Crippen LogP contribution in [0.4, 0.5) is 5.13 Å². The molecule has 0 amide bonds. The molecule has 3 aromatic rings. The number of nitrogens with zero attached hydrogens (tertiary/aromatic N) is 2. The smallest absolute Gasteiger partial charge is 0.354 e. The van der Waals surface area contributed by atoms with Gasteiger partial charge in [-0.15, -0.1) is 0 Å². The molecule has 1 aliphatic carbocycles. The molecule has 0 aliphatic heterocycles. The van der Waals surface area contributed by atoms with Crippen molar-refractivity contribution in [1.29, 1.82) is 0 Å². The van der Waals surface area contributed by atoms with Crippen LogP contribution < -0.4 is 10.1 Å². The van der Waals surface area contributed by atoms with Gasteiger partial charge >= 0.3 is 5.97 Å². The van der Waals surface area contributed by atoms with Gasteiger partial charge < -0.3 is 20.3 Å².